The summed E-state index contributed by atoms with van der Waals surface area (Å²) in [6.45, 7) is 1.21. The highest BCUT2D eigenvalue weighted by atomic mass is 35.5. The fourth-order valence-electron chi connectivity index (χ4n) is 1.48. The quantitative estimate of drug-likeness (QED) is 0.659. The van der Waals surface area contributed by atoms with Crippen LogP contribution in [-0.4, -0.2) is 28.5 Å². The molecule has 0 atom stereocenters. The summed E-state index contributed by atoms with van der Waals surface area (Å²) >= 11 is 5.88. The summed E-state index contributed by atoms with van der Waals surface area (Å²) in [6.07, 6.45) is -0.243. The lowest BCUT2D eigenvalue weighted by Gasteiger charge is -2.21. The lowest BCUT2D eigenvalue weighted by atomic mass is 10.2. The Bertz CT molecular complexity index is 532. The van der Waals surface area contributed by atoms with Gasteiger partial charge in [0.2, 0.25) is 5.91 Å². The SMILES string of the molecule is CC(=O)N(CCC(=O)O)c1ccc([N+](=O)[O-])cc1Cl. The standard InChI is InChI=1S/C11H11ClN2O5/c1-7(15)13(5-4-11(16)17)10-3-2-8(14(18)19)6-9(10)12/h2-3,6H,4-5H2,1H3,(H,16,17). The first kappa shape index (κ1) is 14.9. The lowest BCUT2D eigenvalue weighted by Crippen LogP contribution is -2.31. The van der Waals surface area contributed by atoms with E-state index in [1.54, 1.807) is 0 Å². The molecule has 8 heteroatoms. The topological polar surface area (TPSA) is 101 Å². The van der Waals surface area contributed by atoms with Gasteiger partial charge in [-0.1, -0.05) is 11.6 Å². The van der Waals surface area contributed by atoms with Crippen LogP contribution in [0.2, 0.25) is 5.02 Å². The van der Waals surface area contributed by atoms with Gasteiger partial charge < -0.3 is 10.0 Å². The molecular weight excluding hydrogens is 276 g/mol. The van der Waals surface area contributed by atoms with Crippen molar-refractivity contribution >= 4 is 34.9 Å². The number of anilines is 1. The van der Waals surface area contributed by atoms with Crippen LogP contribution in [0.5, 0.6) is 0 Å². The Morgan fingerprint density at radius 3 is 2.53 bits per heavy atom. The molecule has 1 rings (SSSR count). The van der Waals surface area contributed by atoms with E-state index in [1.165, 1.54) is 24.0 Å². The van der Waals surface area contributed by atoms with Gasteiger partial charge in [-0.05, 0) is 6.07 Å². The summed E-state index contributed by atoms with van der Waals surface area (Å²) in [5.74, 6) is -1.44. The van der Waals surface area contributed by atoms with Gasteiger partial charge in [0.25, 0.3) is 5.69 Å². The number of non-ortho nitro benzene ring substituents is 1. The third-order valence-electron chi connectivity index (χ3n) is 2.36. The lowest BCUT2D eigenvalue weighted by molar-refractivity contribution is -0.384. The maximum absolute atomic E-state index is 11.5. The average Bonchev–Trinajstić information content (AvgIpc) is 2.30. The molecule has 7 nitrogen and oxygen atoms in total. The number of nitro groups is 1. The number of aliphatic carboxylic acids is 1. The summed E-state index contributed by atoms with van der Waals surface area (Å²) in [4.78, 5) is 33.1. The molecule has 1 N–H and O–H groups in total. The van der Waals surface area contributed by atoms with Crippen molar-refractivity contribution in [2.45, 2.75) is 13.3 Å². The smallest absolute Gasteiger partial charge is 0.305 e. The Labute approximate surface area is 113 Å². The van der Waals surface area contributed by atoms with Crippen molar-refractivity contribution in [3.63, 3.8) is 0 Å². The molecule has 0 aliphatic heterocycles. The third-order valence-corrected chi connectivity index (χ3v) is 2.66. The molecule has 0 bridgehead atoms. The Balaban J connectivity index is 3.06. The number of rotatable bonds is 5. The first-order valence-electron chi connectivity index (χ1n) is 5.26. The number of carboxylic acid groups (broad SMARTS) is 1. The molecule has 1 aromatic carbocycles. The fraction of sp³-hybridized carbons (Fsp3) is 0.273. The van der Waals surface area contributed by atoms with E-state index < -0.39 is 16.8 Å². The minimum Gasteiger partial charge on any atom is -0.481 e. The molecule has 0 aliphatic rings. The van der Waals surface area contributed by atoms with E-state index in [1.807, 2.05) is 0 Å². The van der Waals surface area contributed by atoms with E-state index in [0.717, 1.165) is 6.07 Å². The van der Waals surface area contributed by atoms with Crippen molar-refractivity contribution in [3.8, 4) is 0 Å². The van der Waals surface area contributed by atoms with Crippen molar-refractivity contribution in [1.29, 1.82) is 0 Å². The fourth-order valence-corrected chi connectivity index (χ4v) is 1.76. The second-order valence-corrected chi connectivity index (χ2v) is 4.11. The second kappa shape index (κ2) is 6.14. The number of carbonyl (C=O) groups is 2. The molecule has 0 heterocycles. The predicted molar refractivity (Wildman–Crippen MR) is 68.4 cm³/mol. The summed E-state index contributed by atoms with van der Waals surface area (Å²) < 4.78 is 0. The molecule has 0 saturated heterocycles. The van der Waals surface area contributed by atoms with Crippen LogP contribution >= 0.6 is 11.6 Å². The van der Waals surface area contributed by atoms with Crippen LogP contribution in [0.3, 0.4) is 0 Å². The maximum Gasteiger partial charge on any atom is 0.305 e. The normalized spacial score (nSPS) is 10.0. The number of halogens is 1. The monoisotopic (exact) mass is 286 g/mol. The van der Waals surface area contributed by atoms with E-state index in [0.29, 0.717) is 0 Å². The minimum absolute atomic E-state index is 0.0230. The summed E-state index contributed by atoms with van der Waals surface area (Å²) in [5.41, 5.74) is 0.0523. The van der Waals surface area contributed by atoms with Gasteiger partial charge in [-0.15, -0.1) is 0 Å². The number of amides is 1. The van der Waals surface area contributed by atoms with Gasteiger partial charge in [0, 0.05) is 25.6 Å². The van der Waals surface area contributed by atoms with Gasteiger partial charge in [-0.25, -0.2) is 0 Å². The number of hydrogen-bond donors (Lipinski definition) is 1. The number of nitrogens with zero attached hydrogens (tertiary/aromatic N) is 2. The van der Waals surface area contributed by atoms with Gasteiger partial charge in [-0.2, -0.15) is 0 Å². The number of hydrogen-bond acceptors (Lipinski definition) is 4. The van der Waals surface area contributed by atoms with Gasteiger partial charge >= 0.3 is 5.97 Å². The van der Waals surface area contributed by atoms with Crippen LogP contribution in [0.15, 0.2) is 18.2 Å². The number of carboxylic acids is 1. The highest BCUT2D eigenvalue weighted by Gasteiger charge is 2.18. The highest BCUT2D eigenvalue weighted by molar-refractivity contribution is 6.34. The first-order valence-corrected chi connectivity index (χ1v) is 5.64. The van der Waals surface area contributed by atoms with Crippen molar-refractivity contribution in [2.24, 2.45) is 0 Å². The molecule has 0 aromatic heterocycles. The molecule has 0 spiro atoms. The van der Waals surface area contributed by atoms with Crippen LogP contribution < -0.4 is 4.90 Å². The Morgan fingerprint density at radius 1 is 1.47 bits per heavy atom. The van der Waals surface area contributed by atoms with Crippen molar-refractivity contribution in [2.75, 3.05) is 11.4 Å². The number of benzene rings is 1. The molecule has 0 fully saturated rings. The molecule has 102 valence electrons. The first-order chi connectivity index (χ1) is 8.82. The van der Waals surface area contributed by atoms with Gasteiger partial charge in [0.15, 0.2) is 0 Å². The van der Waals surface area contributed by atoms with Crippen LogP contribution in [0.4, 0.5) is 11.4 Å². The highest BCUT2D eigenvalue weighted by Crippen LogP contribution is 2.30. The van der Waals surface area contributed by atoms with Gasteiger partial charge in [0.1, 0.15) is 0 Å². The predicted octanol–water partition coefficient (Wildman–Crippen LogP) is 2.08. The zero-order valence-corrected chi connectivity index (χ0v) is 10.8. The maximum atomic E-state index is 11.5. The van der Waals surface area contributed by atoms with E-state index in [2.05, 4.69) is 0 Å². The van der Waals surface area contributed by atoms with Crippen LogP contribution in [0.25, 0.3) is 0 Å². The summed E-state index contributed by atoms with van der Waals surface area (Å²) in [5, 5.41) is 19.2. The van der Waals surface area contributed by atoms with E-state index >= 15 is 0 Å². The molecule has 1 aromatic rings. The molecule has 0 unspecified atom stereocenters. The van der Waals surface area contributed by atoms with Crippen molar-refractivity contribution in [1.82, 2.24) is 0 Å². The molecule has 19 heavy (non-hydrogen) atoms. The molecule has 0 saturated carbocycles. The largest absolute Gasteiger partial charge is 0.481 e. The van der Waals surface area contributed by atoms with E-state index in [4.69, 9.17) is 16.7 Å². The average molecular weight is 287 g/mol. The van der Waals surface area contributed by atoms with E-state index in [-0.39, 0.29) is 29.4 Å². The Morgan fingerprint density at radius 2 is 2.11 bits per heavy atom. The zero-order valence-electron chi connectivity index (χ0n) is 10.00. The van der Waals surface area contributed by atoms with Crippen molar-refractivity contribution < 1.29 is 19.6 Å². The van der Waals surface area contributed by atoms with Gasteiger partial charge in [-0.3, -0.25) is 19.7 Å². The van der Waals surface area contributed by atoms with Crippen LogP contribution in [0, 0.1) is 10.1 Å². The van der Waals surface area contributed by atoms with Crippen LogP contribution in [-0.2, 0) is 9.59 Å². The zero-order chi connectivity index (χ0) is 14.6. The molecular formula is C11H11ClN2O5. The van der Waals surface area contributed by atoms with Crippen LogP contribution in [0.1, 0.15) is 13.3 Å². The van der Waals surface area contributed by atoms with Gasteiger partial charge in [0.05, 0.1) is 22.1 Å². The summed E-state index contributed by atoms with van der Waals surface area (Å²) in [7, 11) is 0. The van der Waals surface area contributed by atoms with Crippen molar-refractivity contribution in [3.05, 3.63) is 33.3 Å². The van der Waals surface area contributed by atoms with E-state index in [9.17, 15) is 19.7 Å². The number of nitro benzene ring substituents is 1. The summed E-state index contributed by atoms with van der Waals surface area (Å²) in [6, 6.07) is 3.65. The molecule has 1 amide bonds. The number of carbonyl (C=O) groups excluding carboxylic acids is 1. The molecule has 0 aliphatic carbocycles. The second-order valence-electron chi connectivity index (χ2n) is 3.71. The Kier molecular flexibility index (Phi) is 4.82. The Hall–Kier alpha value is -2.15. The third kappa shape index (κ3) is 3.92. The minimum atomic E-state index is -1.05. The molecule has 0 radical (unpaired) electrons.